The lowest BCUT2D eigenvalue weighted by Gasteiger charge is -2.36. The maximum absolute atomic E-state index is 4.39. The number of benzene rings is 1. The predicted molar refractivity (Wildman–Crippen MR) is 80.6 cm³/mol. The van der Waals surface area contributed by atoms with Crippen LogP contribution in [0.3, 0.4) is 0 Å². The summed E-state index contributed by atoms with van der Waals surface area (Å²) in [5.74, 6) is 0.746. The predicted octanol–water partition coefficient (Wildman–Crippen LogP) is 3.80. The summed E-state index contributed by atoms with van der Waals surface area (Å²) < 4.78 is 0. The van der Waals surface area contributed by atoms with E-state index in [-0.39, 0.29) is 0 Å². The van der Waals surface area contributed by atoms with Crippen molar-refractivity contribution in [2.45, 2.75) is 45.2 Å². The minimum atomic E-state index is 0.663. The Balaban J connectivity index is 1.46. The highest BCUT2D eigenvalue weighted by atomic mass is 32.1. The molecule has 0 radical (unpaired) electrons. The number of nitrogens with zero attached hydrogens (tertiary/aromatic N) is 1. The largest absolute Gasteiger partial charge is 0.308 e. The molecule has 1 aliphatic carbocycles. The van der Waals surface area contributed by atoms with E-state index in [1.165, 1.54) is 33.9 Å². The van der Waals surface area contributed by atoms with E-state index in [0.717, 1.165) is 12.5 Å². The number of aryl methyl sites for hydroxylation is 2. The molecular weight excluding hydrogens is 252 g/mol. The first-order valence-electron chi connectivity index (χ1n) is 6.92. The molecule has 19 heavy (non-hydrogen) atoms. The van der Waals surface area contributed by atoms with Crippen LogP contribution in [0.25, 0.3) is 0 Å². The van der Waals surface area contributed by atoms with Gasteiger partial charge in [0.1, 0.15) is 5.01 Å². The van der Waals surface area contributed by atoms with Crippen LogP contribution in [0.5, 0.6) is 0 Å². The van der Waals surface area contributed by atoms with E-state index in [1.54, 1.807) is 11.3 Å². The van der Waals surface area contributed by atoms with Gasteiger partial charge in [-0.15, -0.1) is 11.3 Å². The molecule has 1 aliphatic rings. The van der Waals surface area contributed by atoms with Crippen molar-refractivity contribution in [3.05, 3.63) is 51.5 Å². The average molecular weight is 272 g/mol. The van der Waals surface area contributed by atoms with Gasteiger partial charge in [0.05, 0.1) is 0 Å². The minimum absolute atomic E-state index is 0.663. The average Bonchev–Trinajstić information content (AvgIpc) is 2.75. The second-order valence-electron chi connectivity index (χ2n) is 5.52. The van der Waals surface area contributed by atoms with Gasteiger partial charge in [0, 0.05) is 23.7 Å². The molecule has 2 nitrogen and oxygen atoms in total. The third kappa shape index (κ3) is 3.04. The third-order valence-corrected chi connectivity index (χ3v) is 4.81. The number of thiazole rings is 1. The summed E-state index contributed by atoms with van der Waals surface area (Å²) in [5, 5.41) is 4.81. The lowest BCUT2D eigenvalue weighted by Crippen LogP contribution is -2.39. The summed E-state index contributed by atoms with van der Waals surface area (Å²) in [6.45, 7) is 5.17. The lowest BCUT2D eigenvalue weighted by atomic mass is 9.76. The molecule has 2 aromatic rings. The molecule has 0 unspecified atom stereocenters. The van der Waals surface area contributed by atoms with Crippen LogP contribution in [0.1, 0.15) is 39.8 Å². The molecule has 1 aromatic heterocycles. The first-order chi connectivity index (χ1) is 9.20. The van der Waals surface area contributed by atoms with Crippen LogP contribution in [-0.2, 0) is 6.54 Å². The fraction of sp³-hybridized carbons (Fsp3) is 0.438. The molecule has 1 aromatic carbocycles. The molecule has 1 saturated carbocycles. The molecule has 0 amide bonds. The van der Waals surface area contributed by atoms with Crippen molar-refractivity contribution < 1.29 is 0 Å². The fourth-order valence-corrected chi connectivity index (χ4v) is 3.35. The molecule has 0 atom stereocenters. The smallest absolute Gasteiger partial charge is 0.107 e. The summed E-state index contributed by atoms with van der Waals surface area (Å²) in [7, 11) is 0. The molecule has 0 aliphatic heterocycles. The standard InChI is InChI=1S/C16H20N2S/c1-11-3-5-13(6-4-11)14-7-15(8-14)17-10-16-18-9-12(2)19-16/h3-6,9,14-15,17H,7-8,10H2,1-2H3. The van der Waals surface area contributed by atoms with E-state index >= 15 is 0 Å². The van der Waals surface area contributed by atoms with Crippen LogP contribution in [0.4, 0.5) is 0 Å². The van der Waals surface area contributed by atoms with Crippen LogP contribution in [-0.4, -0.2) is 11.0 Å². The van der Waals surface area contributed by atoms with Crippen LogP contribution in [0.15, 0.2) is 30.5 Å². The second kappa shape index (κ2) is 5.43. The Hall–Kier alpha value is -1.19. The number of rotatable bonds is 4. The molecule has 1 heterocycles. The van der Waals surface area contributed by atoms with Crippen LogP contribution >= 0.6 is 11.3 Å². The van der Waals surface area contributed by atoms with Crippen LogP contribution < -0.4 is 5.32 Å². The quantitative estimate of drug-likeness (QED) is 0.916. The lowest BCUT2D eigenvalue weighted by molar-refractivity contribution is 0.289. The summed E-state index contributed by atoms with van der Waals surface area (Å²) in [6.07, 6.45) is 4.47. The zero-order chi connectivity index (χ0) is 13.2. The van der Waals surface area contributed by atoms with E-state index in [4.69, 9.17) is 0 Å². The van der Waals surface area contributed by atoms with Crippen molar-refractivity contribution in [2.24, 2.45) is 0 Å². The summed E-state index contributed by atoms with van der Waals surface area (Å²) in [6, 6.07) is 9.65. The van der Waals surface area contributed by atoms with E-state index < -0.39 is 0 Å². The third-order valence-electron chi connectivity index (χ3n) is 3.90. The van der Waals surface area contributed by atoms with Crippen molar-refractivity contribution in [2.75, 3.05) is 0 Å². The molecule has 3 heteroatoms. The van der Waals surface area contributed by atoms with Crippen LogP contribution in [0.2, 0.25) is 0 Å². The molecule has 0 bridgehead atoms. The highest BCUT2D eigenvalue weighted by molar-refractivity contribution is 7.11. The Morgan fingerprint density at radius 3 is 2.58 bits per heavy atom. The van der Waals surface area contributed by atoms with Crippen molar-refractivity contribution in [1.82, 2.24) is 10.3 Å². The van der Waals surface area contributed by atoms with Gasteiger partial charge in [0.2, 0.25) is 0 Å². The van der Waals surface area contributed by atoms with Gasteiger partial charge in [-0.3, -0.25) is 0 Å². The highest BCUT2D eigenvalue weighted by Crippen LogP contribution is 2.37. The normalized spacial score (nSPS) is 22.2. The van der Waals surface area contributed by atoms with E-state index in [1.807, 2.05) is 6.20 Å². The van der Waals surface area contributed by atoms with Gasteiger partial charge in [0.15, 0.2) is 0 Å². The maximum atomic E-state index is 4.39. The number of hydrogen-bond donors (Lipinski definition) is 1. The molecule has 0 spiro atoms. The van der Waals surface area contributed by atoms with E-state index in [2.05, 4.69) is 48.4 Å². The minimum Gasteiger partial charge on any atom is -0.308 e. The maximum Gasteiger partial charge on any atom is 0.107 e. The number of hydrogen-bond acceptors (Lipinski definition) is 3. The van der Waals surface area contributed by atoms with E-state index in [9.17, 15) is 0 Å². The summed E-state index contributed by atoms with van der Waals surface area (Å²) >= 11 is 1.79. The first kappa shape index (κ1) is 12.8. The molecular formula is C16H20N2S. The van der Waals surface area contributed by atoms with Gasteiger partial charge < -0.3 is 5.32 Å². The molecule has 0 saturated heterocycles. The monoisotopic (exact) mass is 272 g/mol. The Labute approximate surface area is 118 Å². The van der Waals surface area contributed by atoms with Gasteiger partial charge in [0.25, 0.3) is 0 Å². The van der Waals surface area contributed by atoms with Crippen molar-refractivity contribution in [3.8, 4) is 0 Å². The highest BCUT2D eigenvalue weighted by Gasteiger charge is 2.29. The van der Waals surface area contributed by atoms with Crippen molar-refractivity contribution in [3.63, 3.8) is 0 Å². The number of nitrogens with one attached hydrogen (secondary N) is 1. The van der Waals surface area contributed by atoms with Gasteiger partial charge >= 0.3 is 0 Å². The molecule has 1 fully saturated rings. The van der Waals surface area contributed by atoms with Gasteiger partial charge in [-0.1, -0.05) is 29.8 Å². The molecule has 100 valence electrons. The van der Waals surface area contributed by atoms with Gasteiger partial charge in [-0.25, -0.2) is 4.98 Å². The Morgan fingerprint density at radius 1 is 1.21 bits per heavy atom. The Bertz CT molecular complexity index is 538. The van der Waals surface area contributed by atoms with Crippen molar-refractivity contribution in [1.29, 1.82) is 0 Å². The molecule has 1 N–H and O–H groups in total. The van der Waals surface area contributed by atoms with Gasteiger partial charge in [-0.2, -0.15) is 0 Å². The summed E-state index contributed by atoms with van der Waals surface area (Å²) in [4.78, 5) is 5.68. The summed E-state index contributed by atoms with van der Waals surface area (Å²) in [5.41, 5.74) is 2.84. The van der Waals surface area contributed by atoms with Gasteiger partial charge in [-0.05, 0) is 38.2 Å². The number of aromatic nitrogens is 1. The SMILES string of the molecule is Cc1ccc(C2CC(NCc3ncc(C)s3)C2)cc1. The topological polar surface area (TPSA) is 24.9 Å². The second-order valence-corrected chi connectivity index (χ2v) is 6.84. The fourth-order valence-electron chi connectivity index (χ4n) is 2.61. The van der Waals surface area contributed by atoms with Crippen molar-refractivity contribution >= 4 is 11.3 Å². The van der Waals surface area contributed by atoms with E-state index in [0.29, 0.717) is 6.04 Å². The van der Waals surface area contributed by atoms with Crippen LogP contribution in [0, 0.1) is 13.8 Å². The molecule has 3 rings (SSSR count). The zero-order valence-electron chi connectivity index (χ0n) is 11.5. The Morgan fingerprint density at radius 2 is 1.95 bits per heavy atom. The first-order valence-corrected chi connectivity index (χ1v) is 7.73. The zero-order valence-corrected chi connectivity index (χ0v) is 12.3. The Kier molecular flexibility index (Phi) is 3.67.